The number of fused-ring (bicyclic) bond motifs is 1. The number of aliphatic hydroxyl groups excluding tert-OH is 1. The molecule has 2 rings (SSSR count). The predicted molar refractivity (Wildman–Crippen MR) is 60.8 cm³/mol. The van der Waals surface area contributed by atoms with Crippen molar-refractivity contribution < 1.29 is 19.4 Å². The molecule has 6 heteroatoms. The van der Waals surface area contributed by atoms with Crippen LogP contribution in [0.25, 0.3) is 0 Å². The minimum Gasteiger partial charge on any atom is -0.447 e. The second-order valence-corrected chi connectivity index (χ2v) is 4.49. The van der Waals surface area contributed by atoms with Crippen molar-refractivity contribution >= 4 is 6.09 Å². The van der Waals surface area contributed by atoms with E-state index < -0.39 is 6.09 Å². The summed E-state index contributed by atoms with van der Waals surface area (Å²) < 4.78 is 10.4. The molecular formula is C11H20N2O4. The van der Waals surface area contributed by atoms with Gasteiger partial charge in [0.25, 0.3) is 0 Å². The van der Waals surface area contributed by atoms with Gasteiger partial charge in [-0.15, -0.1) is 0 Å². The molecular weight excluding hydrogens is 224 g/mol. The summed E-state index contributed by atoms with van der Waals surface area (Å²) in [6.45, 7) is 3.13. The smallest absolute Gasteiger partial charge is 0.407 e. The molecule has 1 amide bonds. The molecule has 2 fully saturated rings. The highest BCUT2D eigenvalue weighted by Gasteiger charge is 2.32. The first-order chi connectivity index (χ1) is 8.29. The Labute approximate surface area is 101 Å². The number of nitrogens with one attached hydrogen (secondary N) is 1. The van der Waals surface area contributed by atoms with Gasteiger partial charge in [0.2, 0.25) is 0 Å². The van der Waals surface area contributed by atoms with Crippen LogP contribution in [0, 0.1) is 0 Å². The zero-order chi connectivity index (χ0) is 12.1. The van der Waals surface area contributed by atoms with Crippen molar-refractivity contribution in [3.63, 3.8) is 0 Å². The number of alkyl carbamates (subject to hydrolysis) is 1. The standard InChI is InChI=1S/C11H20N2O4/c14-4-5-16-11(15)12-6-10-7-13-3-1-2-9(13)8-17-10/h9-10,14H,1-8H2,(H,12,15). The van der Waals surface area contributed by atoms with E-state index >= 15 is 0 Å². The number of carbonyl (C=O) groups is 1. The van der Waals surface area contributed by atoms with Crippen LogP contribution in [-0.4, -0.2) is 67.7 Å². The lowest BCUT2D eigenvalue weighted by atomic mass is 10.2. The zero-order valence-corrected chi connectivity index (χ0v) is 9.93. The summed E-state index contributed by atoms with van der Waals surface area (Å²) in [5.41, 5.74) is 0. The van der Waals surface area contributed by atoms with E-state index in [2.05, 4.69) is 10.2 Å². The zero-order valence-electron chi connectivity index (χ0n) is 9.93. The average molecular weight is 244 g/mol. The highest BCUT2D eigenvalue weighted by molar-refractivity contribution is 5.67. The van der Waals surface area contributed by atoms with Crippen LogP contribution >= 0.6 is 0 Å². The maximum Gasteiger partial charge on any atom is 0.407 e. The first-order valence-electron chi connectivity index (χ1n) is 6.16. The molecule has 2 unspecified atom stereocenters. The lowest BCUT2D eigenvalue weighted by molar-refractivity contribution is -0.0467. The van der Waals surface area contributed by atoms with Gasteiger partial charge < -0.3 is 19.9 Å². The lowest BCUT2D eigenvalue weighted by Gasteiger charge is -2.35. The summed E-state index contributed by atoms with van der Waals surface area (Å²) in [4.78, 5) is 13.6. The van der Waals surface area contributed by atoms with Gasteiger partial charge in [-0.3, -0.25) is 4.90 Å². The molecule has 0 saturated carbocycles. The summed E-state index contributed by atoms with van der Waals surface area (Å²) >= 11 is 0. The number of carbonyl (C=O) groups excluding carboxylic acids is 1. The van der Waals surface area contributed by atoms with Crippen LogP contribution in [0.15, 0.2) is 0 Å². The number of amides is 1. The van der Waals surface area contributed by atoms with E-state index in [1.54, 1.807) is 0 Å². The van der Waals surface area contributed by atoms with E-state index in [1.165, 1.54) is 12.8 Å². The first-order valence-corrected chi connectivity index (χ1v) is 6.16. The van der Waals surface area contributed by atoms with E-state index in [1.807, 2.05) is 0 Å². The van der Waals surface area contributed by atoms with Gasteiger partial charge in [-0.2, -0.15) is 0 Å². The Morgan fingerprint density at radius 2 is 2.47 bits per heavy atom. The minimum atomic E-state index is -0.494. The van der Waals surface area contributed by atoms with Gasteiger partial charge >= 0.3 is 6.09 Å². The third-order valence-corrected chi connectivity index (χ3v) is 3.26. The fourth-order valence-corrected chi connectivity index (χ4v) is 2.40. The highest BCUT2D eigenvalue weighted by atomic mass is 16.6. The number of hydrogen-bond donors (Lipinski definition) is 2. The monoisotopic (exact) mass is 244 g/mol. The molecule has 0 radical (unpaired) electrons. The first kappa shape index (κ1) is 12.6. The van der Waals surface area contributed by atoms with E-state index in [-0.39, 0.29) is 19.3 Å². The van der Waals surface area contributed by atoms with Crippen LogP contribution in [0.2, 0.25) is 0 Å². The maximum atomic E-state index is 11.2. The number of rotatable bonds is 4. The van der Waals surface area contributed by atoms with Gasteiger partial charge in [0.15, 0.2) is 0 Å². The molecule has 0 aromatic rings. The van der Waals surface area contributed by atoms with Crippen LogP contribution in [0.1, 0.15) is 12.8 Å². The summed E-state index contributed by atoms with van der Waals surface area (Å²) in [5.74, 6) is 0. The van der Waals surface area contributed by atoms with Crippen LogP contribution in [0.3, 0.4) is 0 Å². The number of morpholine rings is 1. The Hall–Kier alpha value is -0.850. The highest BCUT2D eigenvalue weighted by Crippen LogP contribution is 2.22. The Bertz CT molecular complexity index is 262. The van der Waals surface area contributed by atoms with Crippen LogP contribution in [-0.2, 0) is 9.47 Å². The molecule has 0 aliphatic carbocycles. The van der Waals surface area contributed by atoms with Gasteiger partial charge in [-0.1, -0.05) is 0 Å². The SMILES string of the molecule is O=C(NCC1CN2CCCC2CO1)OCCO. The molecule has 0 aromatic heterocycles. The van der Waals surface area contributed by atoms with Crippen molar-refractivity contribution in [2.45, 2.75) is 25.0 Å². The normalized spacial score (nSPS) is 28.8. The van der Waals surface area contributed by atoms with Crippen molar-refractivity contribution in [3.05, 3.63) is 0 Å². The summed E-state index contributed by atoms with van der Waals surface area (Å²) in [6.07, 6.45) is 2.02. The van der Waals surface area contributed by atoms with Crippen LogP contribution in [0.4, 0.5) is 4.79 Å². The van der Waals surface area contributed by atoms with Gasteiger partial charge in [0.1, 0.15) is 6.61 Å². The fourth-order valence-electron chi connectivity index (χ4n) is 2.40. The van der Waals surface area contributed by atoms with Crippen LogP contribution in [0.5, 0.6) is 0 Å². The molecule has 98 valence electrons. The van der Waals surface area contributed by atoms with Crippen molar-refractivity contribution in [1.82, 2.24) is 10.2 Å². The maximum absolute atomic E-state index is 11.2. The molecule has 17 heavy (non-hydrogen) atoms. The molecule has 2 heterocycles. The lowest BCUT2D eigenvalue weighted by Crippen LogP contribution is -2.50. The molecule has 2 aliphatic heterocycles. The number of aliphatic hydroxyl groups is 1. The topological polar surface area (TPSA) is 71.0 Å². The Balaban J connectivity index is 1.64. The fraction of sp³-hybridized carbons (Fsp3) is 0.909. The largest absolute Gasteiger partial charge is 0.447 e. The van der Waals surface area contributed by atoms with Crippen LogP contribution < -0.4 is 5.32 Å². The molecule has 2 atom stereocenters. The summed E-state index contributed by atoms with van der Waals surface area (Å²) in [5, 5.41) is 11.1. The molecule has 0 spiro atoms. The summed E-state index contributed by atoms with van der Waals surface area (Å²) in [6, 6.07) is 0.576. The van der Waals surface area contributed by atoms with Crippen molar-refractivity contribution in [2.24, 2.45) is 0 Å². The molecule has 2 aliphatic rings. The van der Waals surface area contributed by atoms with Crippen molar-refractivity contribution in [1.29, 1.82) is 0 Å². The molecule has 0 bridgehead atoms. The number of nitrogens with zero attached hydrogens (tertiary/aromatic N) is 1. The van der Waals surface area contributed by atoms with E-state index in [4.69, 9.17) is 14.6 Å². The van der Waals surface area contributed by atoms with E-state index in [9.17, 15) is 4.79 Å². The van der Waals surface area contributed by atoms with E-state index in [0.717, 1.165) is 19.7 Å². The molecule has 2 saturated heterocycles. The summed E-state index contributed by atoms with van der Waals surface area (Å²) in [7, 11) is 0. The van der Waals surface area contributed by atoms with Crippen molar-refractivity contribution in [2.75, 3.05) is 39.5 Å². The van der Waals surface area contributed by atoms with E-state index in [0.29, 0.717) is 12.6 Å². The van der Waals surface area contributed by atoms with Gasteiger partial charge in [-0.05, 0) is 19.4 Å². The third kappa shape index (κ3) is 3.55. The Morgan fingerprint density at radius 3 is 3.29 bits per heavy atom. The number of ether oxygens (including phenoxy) is 2. The third-order valence-electron chi connectivity index (χ3n) is 3.26. The number of hydrogen-bond acceptors (Lipinski definition) is 5. The quantitative estimate of drug-likeness (QED) is 0.702. The minimum absolute atomic E-state index is 0.0333. The second kappa shape index (κ2) is 6.18. The Kier molecular flexibility index (Phi) is 4.58. The molecule has 0 aromatic carbocycles. The Morgan fingerprint density at radius 1 is 1.59 bits per heavy atom. The molecule has 6 nitrogen and oxygen atoms in total. The van der Waals surface area contributed by atoms with Gasteiger partial charge in [0, 0.05) is 19.1 Å². The predicted octanol–water partition coefficient (Wildman–Crippen LogP) is -0.432. The molecule has 2 N–H and O–H groups in total. The van der Waals surface area contributed by atoms with Gasteiger partial charge in [-0.25, -0.2) is 4.79 Å². The van der Waals surface area contributed by atoms with Crippen molar-refractivity contribution in [3.8, 4) is 0 Å². The second-order valence-electron chi connectivity index (χ2n) is 4.49. The van der Waals surface area contributed by atoms with Gasteiger partial charge in [0.05, 0.1) is 19.3 Å². The average Bonchev–Trinajstić information content (AvgIpc) is 2.81.